The van der Waals surface area contributed by atoms with E-state index >= 15 is 0 Å². The third-order valence-corrected chi connectivity index (χ3v) is 5.51. The molecule has 1 aromatic heterocycles. The molecule has 1 fully saturated rings. The van der Waals surface area contributed by atoms with Gasteiger partial charge in [0, 0.05) is 36.5 Å². The van der Waals surface area contributed by atoms with Gasteiger partial charge in [-0.05, 0) is 42.5 Å². The average molecular weight is 450 g/mol. The summed E-state index contributed by atoms with van der Waals surface area (Å²) < 4.78 is 1.71. The summed E-state index contributed by atoms with van der Waals surface area (Å²) in [5.74, 6) is -0.937. The first-order valence-corrected chi connectivity index (χ1v) is 11.0. The van der Waals surface area contributed by atoms with Gasteiger partial charge in [-0.1, -0.05) is 54.1 Å². The molecule has 2 amide bonds. The fraction of sp³-hybridized carbons (Fsp3) is 0.240. The second kappa shape index (κ2) is 9.83. The molecule has 32 heavy (non-hydrogen) atoms. The summed E-state index contributed by atoms with van der Waals surface area (Å²) >= 11 is 6.01. The van der Waals surface area contributed by atoms with E-state index in [0.29, 0.717) is 24.5 Å². The lowest BCUT2D eigenvalue weighted by Gasteiger charge is -2.13. The molecule has 2 N–H and O–H groups in total. The van der Waals surface area contributed by atoms with Crippen molar-refractivity contribution in [2.45, 2.75) is 31.8 Å². The highest BCUT2D eigenvalue weighted by Crippen LogP contribution is 2.19. The number of nitrogens with zero attached hydrogens (tertiary/aromatic N) is 1. The first kappa shape index (κ1) is 21.8. The van der Waals surface area contributed by atoms with Gasteiger partial charge in [-0.3, -0.25) is 14.4 Å². The average Bonchev–Trinajstić information content (AvgIpc) is 3.59. The molecule has 1 heterocycles. The molecule has 0 aliphatic heterocycles. The Morgan fingerprint density at radius 2 is 1.62 bits per heavy atom. The predicted molar refractivity (Wildman–Crippen MR) is 124 cm³/mol. The highest BCUT2D eigenvalue weighted by molar-refractivity contribution is 6.30. The maximum atomic E-state index is 13.0. The molecule has 0 bridgehead atoms. The number of aromatic nitrogens is 1. The Kier molecular flexibility index (Phi) is 6.71. The van der Waals surface area contributed by atoms with E-state index in [1.165, 1.54) is 12.4 Å². The van der Waals surface area contributed by atoms with Crippen LogP contribution in [0, 0.1) is 0 Å². The summed E-state index contributed by atoms with van der Waals surface area (Å²) in [6.07, 6.45) is 5.43. The van der Waals surface area contributed by atoms with Gasteiger partial charge in [0.1, 0.15) is 11.1 Å². The van der Waals surface area contributed by atoms with Crippen molar-refractivity contribution in [3.63, 3.8) is 0 Å². The van der Waals surface area contributed by atoms with Crippen molar-refractivity contribution in [1.82, 2.24) is 15.2 Å². The molecule has 3 aromatic rings. The summed E-state index contributed by atoms with van der Waals surface area (Å²) in [6.45, 7) is 0.781. The molecule has 2 aromatic carbocycles. The van der Waals surface area contributed by atoms with E-state index in [0.717, 1.165) is 24.0 Å². The number of halogens is 1. The lowest BCUT2D eigenvalue weighted by atomic mass is 10.1. The smallest absolute Gasteiger partial charge is 0.256 e. The van der Waals surface area contributed by atoms with E-state index in [9.17, 15) is 14.4 Å². The first-order chi connectivity index (χ1) is 15.5. The Morgan fingerprint density at radius 1 is 0.938 bits per heavy atom. The minimum atomic E-state index is -0.562. The maximum absolute atomic E-state index is 13.0. The number of carbonyl (C=O) groups excluding carboxylic acids is 2. The molecule has 1 aliphatic carbocycles. The van der Waals surface area contributed by atoms with E-state index in [2.05, 4.69) is 10.6 Å². The number of benzene rings is 2. The fourth-order valence-electron chi connectivity index (χ4n) is 3.44. The number of rotatable bonds is 8. The number of carbonyl (C=O) groups is 2. The van der Waals surface area contributed by atoms with Crippen molar-refractivity contribution in [2.75, 3.05) is 6.54 Å². The molecule has 0 spiro atoms. The molecule has 1 aliphatic rings. The molecule has 6 nitrogen and oxygen atoms in total. The molecule has 0 saturated heterocycles. The van der Waals surface area contributed by atoms with Crippen molar-refractivity contribution in [2.24, 2.45) is 0 Å². The first-order valence-electron chi connectivity index (χ1n) is 10.6. The zero-order chi connectivity index (χ0) is 22.5. The predicted octanol–water partition coefficient (Wildman–Crippen LogP) is 3.41. The van der Waals surface area contributed by atoms with Crippen molar-refractivity contribution in [3.8, 4) is 0 Å². The van der Waals surface area contributed by atoms with Crippen molar-refractivity contribution >= 4 is 23.4 Å². The monoisotopic (exact) mass is 449 g/mol. The molecule has 164 valence electrons. The minimum Gasteiger partial charge on any atom is -0.352 e. The van der Waals surface area contributed by atoms with Crippen LogP contribution in [0.25, 0.3) is 0 Å². The SMILES string of the molecule is O=C(NCCc1cccc(Cl)c1)c1cn(Cc2ccccc2)cc(C(=O)NC2CC2)c1=O. The van der Waals surface area contributed by atoms with Gasteiger partial charge in [0.2, 0.25) is 5.43 Å². The summed E-state index contributed by atoms with van der Waals surface area (Å²) in [5, 5.41) is 6.26. The summed E-state index contributed by atoms with van der Waals surface area (Å²) in [6, 6.07) is 17.2. The van der Waals surface area contributed by atoms with Gasteiger partial charge in [0.25, 0.3) is 11.8 Å². The number of amides is 2. The zero-order valence-corrected chi connectivity index (χ0v) is 18.3. The quantitative estimate of drug-likeness (QED) is 0.553. The number of hydrogen-bond acceptors (Lipinski definition) is 3. The van der Waals surface area contributed by atoms with Crippen molar-refractivity contribution in [1.29, 1.82) is 0 Å². The number of hydrogen-bond donors (Lipinski definition) is 2. The van der Waals surface area contributed by atoms with Gasteiger partial charge in [-0.25, -0.2) is 0 Å². The van der Waals surface area contributed by atoms with Gasteiger partial charge in [-0.2, -0.15) is 0 Å². The van der Waals surface area contributed by atoms with E-state index in [1.807, 2.05) is 48.5 Å². The Bertz CT molecular complexity index is 1190. The van der Waals surface area contributed by atoms with Gasteiger partial charge < -0.3 is 15.2 Å². The van der Waals surface area contributed by atoms with E-state index in [4.69, 9.17) is 11.6 Å². The number of nitrogens with one attached hydrogen (secondary N) is 2. The summed E-state index contributed by atoms with van der Waals surface area (Å²) in [4.78, 5) is 38.5. The largest absolute Gasteiger partial charge is 0.352 e. The van der Waals surface area contributed by atoms with Gasteiger partial charge in [0.05, 0.1) is 0 Å². The van der Waals surface area contributed by atoms with Crippen LogP contribution in [0.15, 0.2) is 71.8 Å². The molecule has 7 heteroatoms. The Morgan fingerprint density at radius 3 is 2.31 bits per heavy atom. The van der Waals surface area contributed by atoms with Gasteiger partial charge >= 0.3 is 0 Å². The standard InChI is InChI=1S/C25H24ClN3O3/c26-19-8-4-7-17(13-19)11-12-27-24(31)21-15-29(14-18-5-2-1-3-6-18)16-22(23(21)30)25(32)28-20-9-10-20/h1-8,13,15-16,20H,9-12,14H2,(H,27,31)(H,28,32). The molecule has 0 radical (unpaired) electrons. The van der Waals surface area contributed by atoms with Crippen LogP contribution in [0.1, 0.15) is 44.7 Å². The lowest BCUT2D eigenvalue weighted by Crippen LogP contribution is -2.36. The van der Waals surface area contributed by atoms with Crippen molar-refractivity contribution < 1.29 is 9.59 Å². The third kappa shape index (κ3) is 5.65. The van der Waals surface area contributed by atoms with Crippen LogP contribution in [0.5, 0.6) is 0 Å². The minimum absolute atomic E-state index is 0.0182. The third-order valence-electron chi connectivity index (χ3n) is 5.28. The molecule has 0 unspecified atom stereocenters. The van der Waals surface area contributed by atoms with Crippen LogP contribution in [-0.4, -0.2) is 29.0 Å². The molecule has 4 rings (SSSR count). The Hall–Kier alpha value is -3.38. The summed E-state index contributed by atoms with van der Waals surface area (Å²) in [7, 11) is 0. The van der Waals surface area contributed by atoms with E-state index in [1.54, 1.807) is 10.6 Å². The van der Waals surface area contributed by atoms with Crippen molar-refractivity contribution in [3.05, 3.63) is 104 Å². The fourth-order valence-corrected chi connectivity index (χ4v) is 3.65. The second-order valence-corrected chi connectivity index (χ2v) is 8.39. The molecular weight excluding hydrogens is 426 g/mol. The highest BCUT2D eigenvalue weighted by atomic mass is 35.5. The molecule has 0 atom stereocenters. The van der Waals surface area contributed by atoms with Crippen LogP contribution >= 0.6 is 11.6 Å². The second-order valence-electron chi connectivity index (χ2n) is 7.96. The van der Waals surface area contributed by atoms with Crippen LogP contribution < -0.4 is 16.1 Å². The normalized spacial score (nSPS) is 12.9. The highest BCUT2D eigenvalue weighted by Gasteiger charge is 2.26. The van der Waals surface area contributed by atoms with E-state index < -0.39 is 17.2 Å². The van der Waals surface area contributed by atoms with Crippen LogP contribution in [-0.2, 0) is 13.0 Å². The van der Waals surface area contributed by atoms with E-state index in [-0.39, 0.29) is 17.2 Å². The van der Waals surface area contributed by atoms with Gasteiger partial charge in [0.15, 0.2) is 0 Å². The van der Waals surface area contributed by atoms with Crippen LogP contribution in [0.2, 0.25) is 5.02 Å². The molecule has 1 saturated carbocycles. The molecular formula is C25H24ClN3O3. The Labute approximate surface area is 191 Å². The maximum Gasteiger partial charge on any atom is 0.256 e. The Balaban J connectivity index is 1.55. The zero-order valence-electron chi connectivity index (χ0n) is 17.5. The summed E-state index contributed by atoms with van der Waals surface area (Å²) in [5.41, 5.74) is 1.35. The number of pyridine rings is 1. The van der Waals surface area contributed by atoms with Gasteiger partial charge in [-0.15, -0.1) is 0 Å². The lowest BCUT2D eigenvalue weighted by molar-refractivity contribution is 0.0949. The topological polar surface area (TPSA) is 80.2 Å². The van der Waals surface area contributed by atoms with Crippen LogP contribution in [0.4, 0.5) is 0 Å². The van der Waals surface area contributed by atoms with Crippen LogP contribution in [0.3, 0.4) is 0 Å².